The first-order chi connectivity index (χ1) is 10.5. The van der Waals surface area contributed by atoms with Crippen LogP contribution in [0.15, 0.2) is 34.9 Å². The Kier molecular flexibility index (Phi) is 7.25. The van der Waals surface area contributed by atoms with Gasteiger partial charge in [-0.05, 0) is 43.9 Å². The highest BCUT2D eigenvalue weighted by Gasteiger charge is 2.11. The van der Waals surface area contributed by atoms with E-state index in [2.05, 4.69) is 30.7 Å². The van der Waals surface area contributed by atoms with Crippen molar-refractivity contribution in [3.05, 3.63) is 42.2 Å². The third-order valence-electron chi connectivity index (χ3n) is 3.16. The number of carboxylic acids is 1. The molecule has 1 heterocycles. The van der Waals surface area contributed by atoms with Crippen LogP contribution in [0.5, 0.6) is 0 Å². The van der Waals surface area contributed by atoms with Crippen LogP contribution >= 0.6 is 0 Å². The first-order valence-electron chi connectivity index (χ1n) is 7.19. The van der Waals surface area contributed by atoms with Crippen molar-refractivity contribution in [1.29, 1.82) is 0 Å². The molecule has 2 rings (SSSR count). The summed E-state index contributed by atoms with van der Waals surface area (Å²) < 4.78 is 17.5. The molecule has 0 aliphatic carbocycles. The summed E-state index contributed by atoms with van der Waals surface area (Å²) in [6.07, 6.45) is 1.29. The Bertz CT molecular complexity index is 572. The summed E-state index contributed by atoms with van der Waals surface area (Å²) in [4.78, 5) is 16.4. The van der Waals surface area contributed by atoms with Gasteiger partial charge in [-0.25, -0.2) is 14.2 Å². The van der Waals surface area contributed by atoms with Crippen molar-refractivity contribution in [2.24, 2.45) is 0 Å². The molecular weight excluding hydrogens is 287 g/mol. The SMILES string of the molecule is CCN(CC)CC.O=C(O)c1ncc(-c2ccc(F)cc2)o1. The topological polar surface area (TPSA) is 66.6 Å². The van der Waals surface area contributed by atoms with Crippen molar-refractivity contribution in [2.45, 2.75) is 20.8 Å². The second-order valence-electron chi connectivity index (χ2n) is 4.46. The second-order valence-corrected chi connectivity index (χ2v) is 4.46. The van der Waals surface area contributed by atoms with Gasteiger partial charge in [0, 0.05) is 5.56 Å². The van der Waals surface area contributed by atoms with E-state index in [1.807, 2.05) is 0 Å². The number of hydrogen-bond acceptors (Lipinski definition) is 4. The van der Waals surface area contributed by atoms with Gasteiger partial charge in [-0.2, -0.15) is 0 Å². The van der Waals surface area contributed by atoms with Gasteiger partial charge in [0.2, 0.25) is 0 Å². The van der Waals surface area contributed by atoms with E-state index in [1.54, 1.807) is 0 Å². The van der Waals surface area contributed by atoms with Crippen molar-refractivity contribution in [1.82, 2.24) is 9.88 Å². The third kappa shape index (κ3) is 5.29. The van der Waals surface area contributed by atoms with Crippen molar-refractivity contribution in [3.8, 4) is 11.3 Å². The van der Waals surface area contributed by atoms with Gasteiger partial charge in [0.25, 0.3) is 0 Å². The second kappa shape index (κ2) is 8.94. The lowest BCUT2D eigenvalue weighted by atomic mass is 10.2. The van der Waals surface area contributed by atoms with Gasteiger partial charge in [0.1, 0.15) is 5.82 Å². The number of halogens is 1. The monoisotopic (exact) mass is 308 g/mol. The molecule has 120 valence electrons. The number of benzene rings is 1. The number of aromatic nitrogens is 1. The molecule has 2 aromatic rings. The van der Waals surface area contributed by atoms with Crippen LogP contribution in [0.4, 0.5) is 4.39 Å². The summed E-state index contributed by atoms with van der Waals surface area (Å²) >= 11 is 0. The Labute approximate surface area is 129 Å². The van der Waals surface area contributed by atoms with Crippen molar-refractivity contribution < 1.29 is 18.7 Å². The van der Waals surface area contributed by atoms with Crippen LogP contribution in [0.2, 0.25) is 0 Å². The van der Waals surface area contributed by atoms with Crippen molar-refractivity contribution >= 4 is 5.97 Å². The first-order valence-corrected chi connectivity index (χ1v) is 7.19. The van der Waals surface area contributed by atoms with E-state index in [0.29, 0.717) is 11.3 Å². The number of hydrogen-bond donors (Lipinski definition) is 1. The Morgan fingerprint density at radius 2 is 1.73 bits per heavy atom. The van der Waals surface area contributed by atoms with E-state index >= 15 is 0 Å². The summed E-state index contributed by atoms with van der Waals surface area (Å²) in [5, 5.41) is 8.57. The highest BCUT2D eigenvalue weighted by molar-refractivity contribution is 5.82. The zero-order valence-electron chi connectivity index (χ0n) is 13.0. The van der Waals surface area contributed by atoms with Gasteiger partial charge in [-0.1, -0.05) is 20.8 Å². The molecule has 0 unspecified atom stereocenters. The predicted octanol–water partition coefficient (Wildman–Crippen LogP) is 3.53. The van der Waals surface area contributed by atoms with Crippen molar-refractivity contribution in [3.63, 3.8) is 0 Å². The molecule has 0 saturated carbocycles. The van der Waals surface area contributed by atoms with Gasteiger partial charge in [-0.15, -0.1) is 0 Å². The fourth-order valence-corrected chi connectivity index (χ4v) is 1.79. The van der Waals surface area contributed by atoms with E-state index in [0.717, 1.165) is 0 Å². The van der Waals surface area contributed by atoms with Crippen LogP contribution in [0.25, 0.3) is 11.3 Å². The highest BCUT2D eigenvalue weighted by Crippen LogP contribution is 2.20. The minimum atomic E-state index is -1.23. The number of oxazole rings is 1. The lowest BCUT2D eigenvalue weighted by molar-refractivity contribution is 0.0654. The van der Waals surface area contributed by atoms with E-state index in [1.165, 1.54) is 50.1 Å². The zero-order valence-corrected chi connectivity index (χ0v) is 13.0. The molecule has 0 amide bonds. The molecule has 0 radical (unpaired) electrons. The standard InChI is InChI=1S/C10H6FNO3.C6H15N/c11-7-3-1-6(2-4-7)8-5-12-9(15-8)10(13)14;1-4-7(5-2)6-3/h1-5H,(H,13,14);4-6H2,1-3H3. The molecule has 0 atom stereocenters. The maximum atomic E-state index is 12.6. The third-order valence-corrected chi connectivity index (χ3v) is 3.16. The minimum absolute atomic E-state index is 0.299. The quantitative estimate of drug-likeness (QED) is 0.915. The number of aromatic carboxylic acids is 1. The lowest BCUT2D eigenvalue weighted by Gasteiger charge is -2.13. The molecule has 0 spiro atoms. The number of carboxylic acid groups (broad SMARTS) is 1. The Morgan fingerprint density at radius 3 is 2.09 bits per heavy atom. The average Bonchev–Trinajstić information content (AvgIpc) is 3.00. The van der Waals surface area contributed by atoms with Gasteiger partial charge >= 0.3 is 11.9 Å². The first kappa shape index (κ1) is 17.8. The summed E-state index contributed by atoms with van der Waals surface area (Å²) in [5.41, 5.74) is 0.580. The molecule has 22 heavy (non-hydrogen) atoms. The molecule has 5 nitrogen and oxygen atoms in total. The summed E-state index contributed by atoms with van der Waals surface area (Å²) in [6, 6.07) is 5.50. The van der Waals surface area contributed by atoms with E-state index < -0.39 is 5.97 Å². The molecule has 0 aliphatic rings. The summed E-state index contributed by atoms with van der Waals surface area (Å²) in [5.74, 6) is -1.68. The van der Waals surface area contributed by atoms with Crippen LogP contribution in [0.3, 0.4) is 0 Å². The summed E-state index contributed by atoms with van der Waals surface area (Å²) in [7, 11) is 0. The fourth-order valence-electron chi connectivity index (χ4n) is 1.79. The molecule has 0 aliphatic heterocycles. The number of nitrogens with zero attached hydrogens (tertiary/aromatic N) is 2. The zero-order chi connectivity index (χ0) is 16.5. The van der Waals surface area contributed by atoms with Gasteiger partial charge < -0.3 is 14.4 Å². The molecule has 1 aromatic heterocycles. The Morgan fingerprint density at radius 1 is 1.18 bits per heavy atom. The summed E-state index contributed by atoms with van der Waals surface area (Å²) in [6.45, 7) is 10.1. The van der Waals surface area contributed by atoms with Crippen LogP contribution in [0, 0.1) is 5.82 Å². The molecule has 0 fully saturated rings. The molecule has 1 N–H and O–H groups in total. The maximum absolute atomic E-state index is 12.6. The molecule has 0 bridgehead atoms. The van der Waals surface area contributed by atoms with E-state index in [4.69, 9.17) is 9.52 Å². The molecular formula is C16H21FN2O3. The fraction of sp³-hybridized carbons (Fsp3) is 0.375. The van der Waals surface area contributed by atoms with Crippen LogP contribution < -0.4 is 0 Å². The highest BCUT2D eigenvalue weighted by atomic mass is 19.1. The van der Waals surface area contributed by atoms with E-state index in [9.17, 15) is 9.18 Å². The minimum Gasteiger partial charge on any atom is -0.474 e. The van der Waals surface area contributed by atoms with Gasteiger partial charge in [0.05, 0.1) is 6.20 Å². The molecule has 6 heteroatoms. The van der Waals surface area contributed by atoms with Gasteiger partial charge in [-0.3, -0.25) is 0 Å². The number of carbonyl (C=O) groups is 1. The lowest BCUT2D eigenvalue weighted by Crippen LogP contribution is -2.21. The van der Waals surface area contributed by atoms with Crippen molar-refractivity contribution in [2.75, 3.05) is 19.6 Å². The average molecular weight is 308 g/mol. The predicted molar refractivity (Wildman–Crippen MR) is 82.3 cm³/mol. The van der Waals surface area contributed by atoms with Crippen LogP contribution in [-0.2, 0) is 0 Å². The Hall–Kier alpha value is -2.21. The maximum Gasteiger partial charge on any atom is 0.392 e. The van der Waals surface area contributed by atoms with E-state index in [-0.39, 0.29) is 11.7 Å². The Balaban J connectivity index is 0.000000295. The van der Waals surface area contributed by atoms with Crippen LogP contribution in [-0.4, -0.2) is 40.6 Å². The van der Waals surface area contributed by atoms with Gasteiger partial charge in [0.15, 0.2) is 5.76 Å². The normalized spacial score (nSPS) is 10.2. The molecule has 1 aromatic carbocycles. The smallest absolute Gasteiger partial charge is 0.392 e. The largest absolute Gasteiger partial charge is 0.474 e. The molecule has 0 saturated heterocycles. The number of rotatable bonds is 5. The van der Waals surface area contributed by atoms with Crippen LogP contribution in [0.1, 0.15) is 31.5 Å².